The summed E-state index contributed by atoms with van der Waals surface area (Å²) in [7, 11) is 2.08. The number of amides is 1. The Morgan fingerprint density at radius 3 is 2.67 bits per heavy atom. The van der Waals surface area contributed by atoms with E-state index in [-0.39, 0.29) is 5.91 Å². The molecular weight excluding hydrogens is 378 g/mol. The lowest BCUT2D eigenvalue weighted by Gasteiger charge is -2.32. The summed E-state index contributed by atoms with van der Waals surface area (Å²) in [6, 6.07) is 15.9. The first-order chi connectivity index (χ1) is 14.7. The molecule has 5 rings (SSSR count). The molecule has 1 aliphatic rings. The highest BCUT2D eigenvalue weighted by molar-refractivity contribution is 5.99. The zero-order valence-corrected chi connectivity index (χ0v) is 16.8. The fourth-order valence-corrected chi connectivity index (χ4v) is 3.84. The minimum Gasteiger partial charge on any atom is -0.335 e. The number of rotatable bonds is 4. The van der Waals surface area contributed by atoms with Crippen LogP contribution in [0.5, 0.6) is 0 Å². The number of fused-ring (bicyclic) bond motifs is 1. The number of nitrogens with one attached hydrogen (secondary N) is 1. The molecule has 0 radical (unpaired) electrons. The predicted molar refractivity (Wildman–Crippen MR) is 114 cm³/mol. The number of piperazine rings is 1. The van der Waals surface area contributed by atoms with Crippen LogP contribution in [0.1, 0.15) is 16.1 Å². The van der Waals surface area contributed by atoms with Crippen LogP contribution in [0.15, 0.2) is 54.7 Å². The molecule has 2 aromatic heterocycles. The normalized spacial score (nSPS) is 15.0. The van der Waals surface area contributed by atoms with Gasteiger partial charge in [0.15, 0.2) is 5.69 Å². The Bertz CT molecular complexity index is 1170. The van der Waals surface area contributed by atoms with E-state index in [1.54, 1.807) is 10.9 Å². The number of H-pyrrole nitrogens is 1. The molecule has 2 aromatic carbocycles. The third-order valence-corrected chi connectivity index (χ3v) is 5.62. The van der Waals surface area contributed by atoms with Crippen LogP contribution < -0.4 is 0 Å². The van der Waals surface area contributed by atoms with Crippen LogP contribution in [0.3, 0.4) is 0 Å². The van der Waals surface area contributed by atoms with Crippen molar-refractivity contribution in [1.82, 2.24) is 35.0 Å². The second kappa shape index (κ2) is 7.72. The number of nitrogens with zero attached hydrogens (tertiary/aromatic N) is 6. The summed E-state index contributed by atoms with van der Waals surface area (Å²) in [5, 5.41) is 16.8. The van der Waals surface area contributed by atoms with E-state index in [4.69, 9.17) is 0 Å². The highest BCUT2D eigenvalue weighted by atomic mass is 16.2. The summed E-state index contributed by atoms with van der Waals surface area (Å²) in [6.45, 7) is 3.62. The molecule has 3 heterocycles. The van der Waals surface area contributed by atoms with Gasteiger partial charge in [0, 0.05) is 37.1 Å². The SMILES string of the molecule is CN1CCN(C(=O)c2c(-c3ccc4[nH]ncc4c3)nnn2Cc2ccccc2)CC1. The van der Waals surface area contributed by atoms with E-state index in [9.17, 15) is 4.79 Å². The number of carbonyl (C=O) groups is 1. The number of aromatic amines is 1. The van der Waals surface area contributed by atoms with Gasteiger partial charge in [0.1, 0.15) is 5.69 Å². The molecule has 1 amide bonds. The van der Waals surface area contributed by atoms with Gasteiger partial charge < -0.3 is 9.80 Å². The Balaban J connectivity index is 1.56. The number of carbonyl (C=O) groups excluding carboxylic acids is 1. The molecule has 8 heteroatoms. The molecule has 0 spiro atoms. The molecule has 0 atom stereocenters. The summed E-state index contributed by atoms with van der Waals surface area (Å²) in [6.07, 6.45) is 1.77. The largest absolute Gasteiger partial charge is 0.335 e. The zero-order chi connectivity index (χ0) is 20.5. The van der Waals surface area contributed by atoms with Gasteiger partial charge in [0.05, 0.1) is 18.3 Å². The van der Waals surface area contributed by atoms with Crippen molar-refractivity contribution in [3.8, 4) is 11.3 Å². The molecular formula is C22H23N7O. The van der Waals surface area contributed by atoms with E-state index in [0.717, 1.165) is 35.1 Å². The average Bonchev–Trinajstić information content (AvgIpc) is 3.41. The molecule has 0 bridgehead atoms. The second-order valence-corrected chi connectivity index (χ2v) is 7.70. The molecule has 8 nitrogen and oxygen atoms in total. The summed E-state index contributed by atoms with van der Waals surface area (Å²) in [5.41, 5.74) is 4.03. The van der Waals surface area contributed by atoms with Crippen LogP contribution >= 0.6 is 0 Å². The van der Waals surface area contributed by atoms with E-state index in [0.29, 0.717) is 31.0 Å². The summed E-state index contributed by atoms with van der Waals surface area (Å²) >= 11 is 0. The Morgan fingerprint density at radius 1 is 1.07 bits per heavy atom. The van der Waals surface area contributed by atoms with Crippen molar-refractivity contribution < 1.29 is 4.79 Å². The van der Waals surface area contributed by atoms with E-state index in [2.05, 4.69) is 32.5 Å². The van der Waals surface area contributed by atoms with E-state index in [1.807, 2.05) is 53.4 Å². The number of benzene rings is 2. The topological polar surface area (TPSA) is 82.9 Å². The standard InChI is InChI=1S/C22H23N7O/c1-27-9-11-28(12-10-27)22(30)21-20(17-7-8-19-18(13-17)14-23-24-19)25-26-29(21)15-16-5-3-2-4-6-16/h2-8,13-14H,9-12,15H2,1H3,(H,23,24). The monoisotopic (exact) mass is 401 g/mol. The molecule has 1 aliphatic heterocycles. The van der Waals surface area contributed by atoms with Crippen molar-refractivity contribution >= 4 is 16.8 Å². The Morgan fingerprint density at radius 2 is 1.87 bits per heavy atom. The van der Waals surface area contributed by atoms with Gasteiger partial charge >= 0.3 is 0 Å². The van der Waals surface area contributed by atoms with E-state index < -0.39 is 0 Å². The summed E-state index contributed by atoms with van der Waals surface area (Å²) < 4.78 is 1.73. The van der Waals surface area contributed by atoms with E-state index in [1.165, 1.54) is 0 Å². The van der Waals surface area contributed by atoms with Crippen molar-refractivity contribution in [3.05, 3.63) is 66.0 Å². The number of hydrogen-bond acceptors (Lipinski definition) is 5. The highest BCUT2D eigenvalue weighted by Gasteiger charge is 2.28. The Hall–Kier alpha value is -3.52. The fraction of sp³-hybridized carbons (Fsp3) is 0.273. The van der Waals surface area contributed by atoms with Crippen LogP contribution in [-0.2, 0) is 6.54 Å². The lowest BCUT2D eigenvalue weighted by atomic mass is 10.1. The van der Waals surface area contributed by atoms with Crippen LogP contribution in [0.2, 0.25) is 0 Å². The van der Waals surface area contributed by atoms with Gasteiger partial charge in [0.2, 0.25) is 0 Å². The lowest BCUT2D eigenvalue weighted by molar-refractivity contribution is 0.0653. The van der Waals surface area contributed by atoms with Crippen LogP contribution in [0, 0.1) is 0 Å². The predicted octanol–water partition coefficient (Wildman–Crippen LogP) is 2.26. The maximum atomic E-state index is 13.6. The minimum absolute atomic E-state index is 0.0219. The number of aromatic nitrogens is 5. The molecule has 0 saturated carbocycles. The summed E-state index contributed by atoms with van der Waals surface area (Å²) in [5.74, 6) is -0.0219. The average molecular weight is 401 g/mol. The van der Waals surface area contributed by atoms with Crippen LogP contribution in [0.4, 0.5) is 0 Å². The maximum Gasteiger partial charge on any atom is 0.274 e. The van der Waals surface area contributed by atoms with Crippen molar-refractivity contribution in [2.45, 2.75) is 6.54 Å². The second-order valence-electron chi connectivity index (χ2n) is 7.70. The molecule has 1 fully saturated rings. The van der Waals surface area contributed by atoms with E-state index >= 15 is 0 Å². The first-order valence-corrected chi connectivity index (χ1v) is 10.1. The van der Waals surface area contributed by atoms with Crippen molar-refractivity contribution in [1.29, 1.82) is 0 Å². The first kappa shape index (κ1) is 18.5. The maximum absolute atomic E-state index is 13.6. The van der Waals surface area contributed by atoms with Crippen molar-refractivity contribution in [3.63, 3.8) is 0 Å². The highest BCUT2D eigenvalue weighted by Crippen LogP contribution is 2.26. The van der Waals surface area contributed by atoms with Crippen LogP contribution in [0.25, 0.3) is 22.2 Å². The molecule has 1 saturated heterocycles. The molecule has 4 aromatic rings. The number of likely N-dealkylation sites (N-methyl/N-ethyl adjacent to an activating group) is 1. The van der Waals surface area contributed by atoms with Crippen molar-refractivity contribution in [2.24, 2.45) is 0 Å². The van der Waals surface area contributed by atoms with Gasteiger partial charge in [-0.2, -0.15) is 5.10 Å². The zero-order valence-electron chi connectivity index (χ0n) is 16.8. The quantitative estimate of drug-likeness (QED) is 0.567. The van der Waals surface area contributed by atoms with Gasteiger partial charge in [-0.1, -0.05) is 41.6 Å². The third kappa shape index (κ3) is 3.46. The molecule has 0 unspecified atom stereocenters. The van der Waals surface area contributed by atoms with Gasteiger partial charge in [0.25, 0.3) is 5.91 Å². The lowest BCUT2D eigenvalue weighted by Crippen LogP contribution is -2.47. The van der Waals surface area contributed by atoms with Gasteiger partial charge in [-0.15, -0.1) is 5.10 Å². The molecule has 30 heavy (non-hydrogen) atoms. The van der Waals surface area contributed by atoms with Crippen LogP contribution in [-0.4, -0.2) is 74.1 Å². The molecule has 0 aliphatic carbocycles. The smallest absolute Gasteiger partial charge is 0.274 e. The van der Waals surface area contributed by atoms with Gasteiger partial charge in [-0.05, 0) is 24.7 Å². The first-order valence-electron chi connectivity index (χ1n) is 10.1. The summed E-state index contributed by atoms with van der Waals surface area (Å²) in [4.78, 5) is 17.7. The number of hydrogen-bond donors (Lipinski definition) is 1. The minimum atomic E-state index is -0.0219. The van der Waals surface area contributed by atoms with Gasteiger partial charge in [-0.3, -0.25) is 9.89 Å². The van der Waals surface area contributed by atoms with Gasteiger partial charge in [-0.25, -0.2) is 4.68 Å². The molecule has 152 valence electrons. The third-order valence-electron chi connectivity index (χ3n) is 5.62. The van der Waals surface area contributed by atoms with Crippen molar-refractivity contribution in [2.75, 3.05) is 33.2 Å². The Kier molecular flexibility index (Phi) is 4.76. The molecule has 1 N–H and O–H groups in total. The fourth-order valence-electron chi connectivity index (χ4n) is 3.84. The Labute approximate surface area is 174 Å².